The maximum Gasteiger partial charge on any atom is 0.411 e. The fourth-order valence-electron chi connectivity index (χ4n) is 3.00. The number of hydrogen-bond acceptors (Lipinski definition) is 5. The third kappa shape index (κ3) is 2.22. The zero-order valence-electron chi connectivity index (χ0n) is 13.6. The molecule has 0 saturated carbocycles. The summed E-state index contributed by atoms with van der Waals surface area (Å²) in [6.45, 7) is 6.54. The highest BCUT2D eigenvalue weighted by Crippen LogP contribution is 2.57. The molecule has 0 spiro atoms. The van der Waals surface area contributed by atoms with Gasteiger partial charge in [0, 0.05) is 13.1 Å². The SMILES string of the molecule is CCOC(=O)[C@]1(OC(=O)N(CC)CC)C(F)(F)[C@H]2C=C[C@]1(C)O2. The van der Waals surface area contributed by atoms with Crippen molar-refractivity contribution in [1.82, 2.24) is 4.90 Å². The van der Waals surface area contributed by atoms with Crippen LogP contribution in [-0.2, 0) is 19.0 Å². The first kappa shape index (κ1) is 17.7. The van der Waals surface area contributed by atoms with Crippen molar-refractivity contribution >= 4 is 12.1 Å². The first-order valence-electron chi connectivity index (χ1n) is 7.60. The van der Waals surface area contributed by atoms with E-state index in [2.05, 4.69) is 0 Å². The van der Waals surface area contributed by atoms with Gasteiger partial charge in [-0.1, -0.05) is 6.08 Å². The van der Waals surface area contributed by atoms with Crippen molar-refractivity contribution in [2.45, 2.75) is 50.9 Å². The lowest BCUT2D eigenvalue weighted by Gasteiger charge is -2.41. The summed E-state index contributed by atoms with van der Waals surface area (Å²) in [6, 6.07) is 0. The average molecular weight is 333 g/mol. The number of rotatable bonds is 5. The number of amides is 1. The number of alkyl halides is 2. The lowest BCUT2D eigenvalue weighted by molar-refractivity contribution is -0.213. The van der Waals surface area contributed by atoms with Crippen molar-refractivity contribution < 1.29 is 32.6 Å². The predicted octanol–water partition coefficient (Wildman–Crippen LogP) is 2.13. The Morgan fingerprint density at radius 1 is 1.26 bits per heavy atom. The highest BCUT2D eigenvalue weighted by Gasteiger charge is 2.83. The minimum absolute atomic E-state index is 0.121. The minimum Gasteiger partial charge on any atom is -0.463 e. The Labute approximate surface area is 133 Å². The summed E-state index contributed by atoms with van der Waals surface area (Å²) in [4.78, 5) is 25.9. The highest BCUT2D eigenvalue weighted by molar-refractivity contribution is 5.88. The molecule has 2 bridgehead atoms. The second kappa shape index (κ2) is 5.74. The van der Waals surface area contributed by atoms with Crippen molar-refractivity contribution in [3.05, 3.63) is 12.2 Å². The molecule has 0 radical (unpaired) electrons. The van der Waals surface area contributed by atoms with E-state index in [1.54, 1.807) is 13.8 Å². The van der Waals surface area contributed by atoms with Gasteiger partial charge in [-0.05, 0) is 33.8 Å². The minimum atomic E-state index is -3.73. The van der Waals surface area contributed by atoms with Gasteiger partial charge in [0.05, 0.1) is 6.61 Å². The lowest BCUT2D eigenvalue weighted by Crippen LogP contribution is -2.68. The molecule has 2 aliphatic heterocycles. The monoisotopic (exact) mass is 333 g/mol. The number of hydrogen-bond donors (Lipinski definition) is 0. The normalized spacial score (nSPS) is 33.6. The van der Waals surface area contributed by atoms with E-state index < -0.39 is 35.3 Å². The van der Waals surface area contributed by atoms with E-state index in [0.717, 1.165) is 0 Å². The van der Waals surface area contributed by atoms with Crippen LogP contribution >= 0.6 is 0 Å². The molecular formula is C15H21F2NO5. The van der Waals surface area contributed by atoms with Crippen molar-refractivity contribution in [2.75, 3.05) is 19.7 Å². The van der Waals surface area contributed by atoms with Crippen LogP contribution in [0.2, 0.25) is 0 Å². The summed E-state index contributed by atoms with van der Waals surface area (Å²) in [5, 5.41) is 0. The molecule has 2 aliphatic rings. The molecule has 8 heteroatoms. The summed E-state index contributed by atoms with van der Waals surface area (Å²) >= 11 is 0. The first-order chi connectivity index (χ1) is 10.7. The molecule has 6 nitrogen and oxygen atoms in total. The summed E-state index contributed by atoms with van der Waals surface area (Å²) in [7, 11) is 0. The van der Waals surface area contributed by atoms with Gasteiger partial charge in [-0.25, -0.2) is 9.59 Å². The van der Waals surface area contributed by atoms with E-state index in [9.17, 15) is 18.4 Å². The van der Waals surface area contributed by atoms with Crippen LogP contribution in [0.15, 0.2) is 12.2 Å². The Morgan fingerprint density at radius 2 is 1.87 bits per heavy atom. The fraction of sp³-hybridized carbons (Fsp3) is 0.733. The maximum absolute atomic E-state index is 14.8. The summed E-state index contributed by atoms with van der Waals surface area (Å²) in [5.41, 5.74) is -4.62. The first-order valence-corrected chi connectivity index (χ1v) is 7.60. The Morgan fingerprint density at radius 3 is 2.30 bits per heavy atom. The molecule has 0 aromatic heterocycles. The third-order valence-electron chi connectivity index (χ3n) is 4.31. The van der Waals surface area contributed by atoms with Crippen molar-refractivity contribution in [3.8, 4) is 0 Å². The molecular weight excluding hydrogens is 312 g/mol. The van der Waals surface area contributed by atoms with Crippen molar-refractivity contribution in [3.63, 3.8) is 0 Å². The smallest absolute Gasteiger partial charge is 0.411 e. The molecule has 0 aromatic carbocycles. The number of ether oxygens (including phenoxy) is 3. The van der Waals surface area contributed by atoms with Crippen LogP contribution in [0.4, 0.5) is 13.6 Å². The van der Waals surface area contributed by atoms with E-state index in [1.807, 2.05) is 0 Å². The quantitative estimate of drug-likeness (QED) is 0.570. The van der Waals surface area contributed by atoms with Crippen molar-refractivity contribution in [1.29, 1.82) is 0 Å². The van der Waals surface area contributed by atoms with Crippen molar-refractivity contribution in [2.24, 2.45) is 0 Å². The van der Waals surface area contributed by atoms with Crippen LogP contribution in [0.1, 0.15) is 27.7 Å². The van der Waals surface area contributed by atoms with Gasteiger partial charge in [0.1, 0.15) is 11.7 Å². The number of esters is 1. The third-order valence-corrected chi connectivity index (χ3v) is 4.31. The molecule has 0 unspecified atom stereocenters. The number of nitrogens with zero attached hydrogens (tertiary/aromatic N) is 1. The zero-order chi connectivity index (χ0) is 17.5. The second-order valence-corrected chi connectivity index (χ2v) is 5.57. The maximum atomic E-state index is 14.8. The van der Waals surface area contributed by atoms with E-state index in [1.165, 1.54) is 30.9 Å². The molecule has 130 valence electrons. The van der Waals surface area contributed by atoms with Gasteiger partial charge in [-0.3, -0.25) is 0 Å². The number of halogens is 2. The van der Waals surface area contributed by atoms with E-state index in [-0.39, 0.29) is 19.7 Å². The van der Waals surface area contributed by atoms with Gasteiger partial charge >= 0.3 is 23.6 Å². The average Bonchev–Trinajstić information content (AvgIpc) is 2.95. The lowest BCUT2D eigenvalue weighted by atomic mass is 9.76. The Bertz CT molecular complexity index is 534. The van der Waals surface area contributed by atoms with E-state index in [0.29, 0.717) is 0 Å². The van der Waals surface area contributed by atoms with Gasteiger partial charge in [0.15, 0.2) is 0 Å². The second-order valence-electron chi connectivity index (χ2n) is 5.57. The topological polar surface area (TPSA) is 65.1 Å². The molecule has 23 heavy (non-hydrogen) atoms. The predicted molar refractivity (Wildman–Crippen MR) is 76.1 cm³/mol. The van der Waals surface area contributed by atoms with Crippen LogP contribution in [0.3, 0.4) is 0 Å². The number of carbonyl (C=O) groups is 2. The summed E-state index contributed by atoms with van der Waals surface area (Å²) in [6.07, 6.45) is -0.153. The number of fused-ring (bicyclic) bond motifs is 2. The molecule has 2 rings (SSSR count). The molecule has 2 heterocycles. The Kier molecular flexibility index (Phi) is 4.40. The zero-order valence-corrected chi connectivity index (χ0v) is 13.6. The van der Waals surface area contributed by atoms with Crippen LogP contribution in [0.25, 0.3) is 0 Å². The molecule has 1 fully saturated rings. The van der Waals surface area contributed by atoms with Crippen LogP contribution in [0.5, 0.6) is 0 Å². The molecule has 1 saturated heterocycles. The fourth-order valence-corrected chi connectivity index (χ4v) is 3.00. The van der Waals surface area contributed by atoms with Gasteiger partial charge in [-0.2, -0.15) is 8.78 Å². The molecule has 0 aliphatic carbocycles. The Balaban J connectivity index is 2.48. The van der Waals surface area contributed by atoms with Crippen LogP contribution in [0, 0.1) is 0 Å². The van der Waals surface area contributed by atoms with Crippen LogP contribution < -0.4 is 0 Å². The van der Waals surface area contributed by atoms with Gasteiger partial charge < -0.3 is 19.1 Å². The summed E-state index contributed by atoms with van der Waals surface area (Å²) in [5.74, 6) is -5.04. The molecule has 1 amide bonds. The van der Waals surface area contributed by atoms with Gasteiger partial charge in [-0.15, -0.1) is 0 Å². The largest absolute Gasteiger partial charge is 0.463 e. The van der Waals surface area contributed by atoms with E-state index in [4.69, 9.17) is 14.2 Å². The standard InChI is InChI=1S/C15H21F2NO5/c1-5-18(6-2)12(20)23-14(11(19)21-7-3)13(4)9-8-10(22-13)15(14,16)17/h8-10H,5-7H2,1-4H3/t10-,13+,14-/m1/s1. The summed E-state index contributed by atoms with van der Waals surface area (Å²) < 4.78 is 44.8. The van der Waals surface area contributed by atoms with E-state index >= 15 is 0 Å². The van der Waals surface area contributed by atoms with Crippen LogP contribution in [-0.4, -0.2) is 59.9 Å². The molecule has 0 N–H and O–H groups in total. The number of carbonyl (C=O) groups excluding carboxylic acids is 2. The highest BCUT2D eigenvalue weighted by atomic mass is 19.3. The Hall–Kier alpha value is -1.70. The van der Waals surface area contributed by atoms with Gasteiger partial charge in [0.25, 0.3) is 0 Å². The molecule has 0 aromatic rings. The molecule has 3 atom stereocenters. The van der Waals surface area contributed by atoms with Gasteiger partial charge in [0.2, 0.25) is 0 Å².